The Balaban J connectivity index is 1.72. The Morgan fingerprint density at radius 3 is 2.54 bits per heavy atom. The minimum Gasteiger partial charge on any atom is -0.348 e. The van der Waals surface area contributed by atoms with Gasteiger partial charge in [-0.1, -0.05) is 38.1 Å². The van der Waals surface area contributed by atoms with Gasteiger partial charge in [-0.3, -0.25) is 9.69 Å². The number of hydrogen-bond acceptors (Lipinski definition) is 4. The van der Waals surface area contributed by atoms with E-state index >= 15 is 0 Å². The van der Waals surface area contributed by atoms with Crippen LogP contribution in [0, 0.1) is 0 Å². The highest BCUT2D eigenvalue weighted by Crippen LogP contribution is 2.17. The van der Waals surface area contributed by atoms with Crippen molar-refractivity contribution in [3.63, 3.8) is 0 Å². The summed E-state index contributed by atoms with van der Waals surface area (Å²) in [5, 5.41) is 8.27. The molecule has 148 valence electrons. The first-order valence-electron chi connectivity index (χ1n) is 9.94. The fourth-order valence-electron chi connectivity index (χ4n) is 3.29. The van der Waals surface area contributed by atoms with Gasteiger partial charge in [0.1, 0.15) is 0 Å². The molecule has 0 saturated heterocycles. The molecule has 0 spiro atoms. The number of fused-ring (bicyclic) bond motifs is 1. The van der Waals surface area contributed by atoms with Crippen molar-refractivity contribution in [1.82, 2.24) is 25.0 Å². The first-order valence-corrected chi connectivity index (χ1v) is 9.94. The average molecular weight is 380 g/mol. The van der Waals surface area contributed by atoms with Gasteiger partial charge >= 0.3 is 0 Å². The van der Waals surface area contributed by atoms with Gasteiger partial charge in [-0.15, -0.1) is 0 Å². The number of hydrogen-bond donors (Lipinski definition) is 1. The van der Waals surface area contributed by atoms with Crippen LogP contribution in [0.5, 0.6) is 0 Å². The second-order valence-electron chi connectivity index (χ2n) is 7.23. The lowest BCUT2D eigenvalue weighted by atomic mass is 10.1. The van der Waals surface area contributed by atoms with Gasteiger partial charge in [-0.05, 0) is 44.1 Å². The first-order chi connectivity index (χ1) is 13.5. The Hall–Kier alpha value is -2.73. The first kappa shape index (κ1) is 20.0. The molecule has 0 aliphatic heterocycles. The van der Waals surface area contributed by atoms with Crippen molar-refractivity contribution in [2.24, 2.45) is 0 Å². The van der Waals surface area contributed by atoms with Crippen LogP contribution in [0.25, 0.3) is 11.0 Å². The van der Waals surface area contributed by atoms with Gasteiger partial charge in [-0.2, -0.15) is 5.10 Å². The standard InChI is InChI=1S/C22H29N5O/c1-5-26(6-2)15-18-10-8-7-9-17(18)12-24-22(28)20-11-19-14-25-27(16(3)4)21(19)23-13-20/h7-11,13-14,16H,5-6,12,15H2,1-4H3,(H,24,28). The summed E-state index contributed by atoms with van der Waals surface area (Å²) >= 11 is 0. The van der Waals surface area contributed by atoms with Crippen LogP contribution in [0.3, 0.4) is 0 Å². The maximum Gasteiger partial charge on any atom is 0.253 e. The molecule has 0 bridgehead atoms. The van der Waals surface area contributed by atoms with Gasteiger partial charge < -0.3 is 5.32 Å². The van der Waals surface area contributed by atoms with Crippen LogP contribution in [0.15, 0.2) is 42.7 Å². The Morgan fingerprint density at radius 1 is 1.14 bits per heavy atom. The molecule has 1 amide bonds. The minimum absolute atomic E-state index is 0.121. The molecule has 1 N–H and O–H groups in total. The molecule has 6 heteroatoms. The lowest BCUT2D eigenvalue weighted by Gasteiger charge is -2.20. The molecular formula is C22H29N5O. The summed E-state index contributed by atoms with van der Waals surface area (Å²) < 4.78 is 1.86. The van der Waals surface area contributed by atoms with E-state index in [0.29, 0.717) is 12.1 Å². The van der Waals surface area contributed by atoms with Crippen molar-refractivity contribution in [1.29, 1.82) is 0 Å². The van der Waals surface area contributed by atoms with Gasteiger partial charge in [0.05, 0.1) is 11.8 Å². The lowest BCUT2D eigenvalue weighted by molar-refractivity contribution is 0.0950. The van der Waals surface area contributed by atoms with E-state index in [9.17, 15) is 4.79 Å². The highest BCUT2D eigenvalue weighted by molar-refractivity contribution is 5.96. The Kier molecular flexibility index (Phi) is 6.41. The van der Waals surface area contributed by atoms with E-state index in [4.69, 9.17) is 0 Å². The van der Waals surface area contributed by atoms with Crippen molar-refractivity contribution in [2.75, 3.05) is 13.1 Å². The zero-order valence-electron chi connectivity index (χ0n) is 17.1. The molecule has 0 saturated carbocycles. The highest BCUT2D eigenvalue weighted by Gasteiger charge is 2.13. The SMILES string of the molecule is CCN(CC)Cc1ccccc1CNC(=O)c1cnc2c(cnn2C(C)C)c1. The van der Waals surface area contributed by atoms with Crippen LogP contribution in [0.2, 0.25) is 0 Å². The number of nitrogens with zero attached hydrogens (tertiary/aromatic N) is 4. The summed E-state index contributed by atoms with van der Waals surface area (Å²) in [4.78, 5) is 19.5. The number of amides is 1. The van der Waals surface area contributed by atoms with Crippen LogP contribution in [0.4, 0.5) is 0 Å². The number of pyridine rings is 1. The van der Waals surface area contributed by atoms with Gasteiger partial charge in [-0.25, -0.2) is 9.67 Å². The number of carbonyl (C=O) groups is 1. The zero-order chi connectivity index (χ0) is 20.1. The number of nitrogens with one attached hydrogen (secondary N) is 1. The largest absolute Gasteiger partial charge is 0.348 e. The number of carbonyl (C=O) groups excluding carboxylic acids is 1. The van der Waals surface area contributed by atoms with Crippen molar-refractivity contribution in [3.8, 4) is 0 Å². The van der Waals surface area contributed by atoms with Gasteiger partial charge in [0, 0.05) is 30.7 Å². The molecule has 2 aromatic heterocycles. The fraction of sp³-hybridized carbons (Fsp3) is 0.409. The maximum absolute atomic E-state index is 12.7. The van der Waals surface area contributed by atoms with E-state index in [0.717, 1.165) is 36.2 Å². The molecule has 0 aliphatic rings. The zero-order valence-corrected chi connectivity index (χ0v) is 17.1. The van der Waals surface area contributed by atoms with Crippen LogP contribution in [0.1, 0.15) is 55.2 Å². The van der Waals surface area contributed by atoms with Crippen molar-refractivity contribution >= 4 is 16.9 Å². The van der Waals surface area contributed by atoms with Gasteiger partial charge in [0.15, 0.2) is 5.65 Å². The molecule has 1 aromatic carbocycles. The molecule has 0 aliphatic carbocycles. The number of aromatic nitrogens is 3. The maximum atomic E-state index is 12.7. The van der Waals surface area contributed by atoms with E-state index in [1.54, 1.807) is 12.4 Å². The molecule has 2 heterocycles. The second-order valence-corrected chi connectivity index (χ2v) is 7.23. The third kappa shape index (κ3) is 4.39. The van der Waals surface area contributed by atoms with Crippen molar-refractivity contribution in [3.05, 3.63) is 59.4 Å². The van der Waals surface area contributed by atoms with Gasteiger partial charge in [0.2, 0.25) is 0 Å². The topological polar surface area (TPSA) is 63.1 Å². The molecule has 3 aromatic rings. The van der Waals surface area contributed by atoms with E-state index in [1.807, 2.05) is 22.9 Å². The summed E-state index contributed by atoms with van der Waals surface area (Å²) in [6.07, 6.45) is 3.39. The second kappa shape index (κ2) is 8.97. The van der Waals surface area contributed by atoms with Crippen LogP contribution in [-0.4, -0.2) is 38.7 Å². The highest BCUT2D eigenvalue weighted by atomic mass is 16.1. The number of rotatable bonds is 8. The molecule has 0 radical (unpaired) electrons. The summed E-state index contributed by atoms with van der Waals surface area (Å²) in [5.41, 5.74) is 3.75. The van der Waals surface area contributed by atoms with E-state index < -0.39 is 0 Å². The predicted octanol–water partition coefficient (Wildman–Crippen LogP) is 3.78. The van der Waals surface area contributed by atoms with Crippen LogP contribution < -0.4 is 5.32 Å². The predicted molar refractivity (Wildman–Crippen MR) is 112 cm³/mol. The summed E-state index contributed by atoms with van der Waals surface area (Å²) in [6, 6.07) is 10.4. The molecule has 0 unspecified atom stereocenters. The third-order valence-electron chi connectivity index (χ3n) is 5.03. The third-order valence-corrected chi connectivity index (χ3v) is 5.03. The number of benzene rings is 1. The smallest absolute Gasteiger partial charge is 0.253 e. The lowest BCUT2D eigenvalue weighted by Crippen LogP contribution is -2.26. The van der Waals surface area contributed by atoms with Gasteiger partial charge in [0.25, 0.3) is 5.91 Å². The van der Waals surface area contributed by atoms with Crippen LogP contribution in [-0.2, 0) is 13.1 Å². The molecule has 3 rings (SSSR count). The molecule has 6 nitrogen and oxygen atoms in total. The molecular weight excluding hydrogens is 350 g/mol. The van der Waals surface area contributed by atoms with Crippen molar-refractivity contribution in [2.45, 2.75) is 46.8 Å². The monoisotopic (exact) mass is 379 g/mol. The Labute approximate surface area is 166 Å². The van der Waals surface area contributed by atoms with E-state index in [-0.39, 0.29) is 11.9 Å². The fourth-order valence-corrected chi connectivity index (χ4v) is 3.29. The van der Waals surface area contributed by atoms with E-state index in [1.165, 1.54) is 5.56 Å². The van der Waals surface area contributed by atoms with Crippen molar-refractivity contribution < 1.29 is 4.79 Å². The minimum atomic E-state index is -0.121. The summed E-state index contributed by atoms with van der Waals surface area (Å²) in [7, 11) is 0. The molecule has 0 fully saturated rings. The molecule has 0 atom stereocenters. The molecule has 28 heavy (non-hydrogen) atoms. The van der Waals surface area contributed by atoms with E-state index in [2.05, 4.69) is 60.1 Å². The Morgan fingerprint density at radius 2 is 1.86 bits per heavy atom. The average Bonchev–Trinajstić information content (AvgIpc) is 3.14. The quantitative estimate of drug-likeness (QED) is 0.647. The summed E-state index contributed by atoms with van der Waals surface area (Å²) in [5.74, 6) is -0.121. The Bertz CT molecular complexity index is 943. The normalized spacial score (nSPS) is 11.5. The van der Waals surface area contributed by atoms with Crippen LogP contribution >= 0.6 is 0 Å². The summed E-state index contributed by atoms with van der Waals surface area (Å²) in [6.45, 7) is 11.9.